The highest BCUT2D eigenvalue weighted by Crippen LogP contribution is 2.51. The van der Waals surface area contributed by atoms with Gasteiger partial charge in [0.05, 0.1) is 6.07 Å². The van der Waals surface area contributed by atoms with Crippen molar-refractivity contribution in [3.8, 4) is 6.07 Å². The van der Waals surface area contributed by atoms with Crippen LogP contribution in [-0.4, -0.2) is 27.4 Å². The molecular formula is C18H15F3N6O. The van der Waals surface area contributed by atoms with Crippen molar-refractivity contribution in [2.45, 2.75) is 25.4 Å². The van der Waals surface area contributed by atoms with E-state index in [1.54, 1.807) is 12.1 Å². The summed E-state index contributed by atoms with van der Waals surface area (Å²) in [6.07, 6.45) is -0.0910. The molecule has 1 saturated carbocycles. The van der Waals surface area contributed by atoms with E-state index < -0.39 is 17.3 Å². The summed E-state index contributed by atoms with van der Waals surface area (Å²) in [7, 11) is 0. The summed E-state index contributed by atoms with van der Waals surface area (Å²) in [5.41, 5.74) is -1.50. The van der Waals surface area contributed by atoms with Crippen molar-refractivity contribution in [1.82, 2.24) is 15.0 Å². The van der Waals surface area contributed by atoms with E-state index >= 15 is 0 Å². The number of amides is 1. The molecule has 7 nitrogen and oxygen atoms in total. The second-order valence-electron chi connectivity index (χ2n) is 6.87. The molecule has 10 heteroatoms. The Labute approximate surface area is 158 Å². The molecule has 2 aromatic rings. The van der Waals surface area contributed by atoms with Gasteiger partial charge in [-0.1, -0.05) is 0 Å². The van der Waals surface area contributed by atoms with E-state index in [1.807, 2.05) is 0 Å². The monoisotopic (exact) mass is 388 g/mol. The van der Waals surface area contributed by atoms with E-state index in [-0.39, 0.29) is 23.5 Å². The number of aromatic nitrogens is 3. The van der Waals surface area contributed by atoms with Crippen LogP contribution in [0.25, 0.3) is 0 Å². The molecular weight excluding hydrogens is 373 g/mol. The minimum absolute atomic E-state index is 0.0657. The summed E-state index contributed by atoms with van der Waals surface area (Å²) in [6, 6.07) is 6.18. The minimum atomic E-state index is -4.58. The lowest BCUT2D eigenvalue weighted by Crippen LogP contribution is -2.35. The molecule has 0 unspecified atom stereocenters. The second-order valence-corrected chi connectivity index (χ2v) is 6.87. The van der Waals surface area contributed by atoms with Crippen molar-refractivity contribution in [2.24, 2.45) is 11.3 Å². The summed E-state index contributed by atoms with van der Waals surface area (Å²) in [6.45, 7) is 0.415. The van der Waals surface area contributed by atoms with Gasteiger partial charge < -0.3 is 10.2 Å². The first-order valence-corrected chi connectivity index (χ1v) is 8.69. The van der Waals surface area contributed by atoms with Gasteiger partial charge in [0.2, 0.25) is 5.91 Å². The molecule has 1 atom stereocenters. The van der Waals surface area contributed by atoms with E-state index in [0.717, 1.165) is 25.2 Å². The van der Waals surface area contributed by atoms with Crippen LogP contribution in [0.3, 0.4) is 0 Å². The Balaban J connectivity index is 1.56. The topological polar surface area (TPSA) is 94.8 Å². The molecule has 1 aliphatic heterocycles. The smallest absolute Gasteiger partial charge is 0.325 e. The maximum absolute atomic E-state index is 12.9. The van der Waals surface area contributed by atoms with Crippen molar-refractivity contribution in [1.29, 1.82) is 5.26 Å². The molecule has 4 rings (SSSR count). The number of carbonyl (C=O) groups excluding carboxylic acids is 1. The third kappa shape index (κ3) is 3.13. The van der Waals surface area contributed by atoms with E-state index in [2.05, 4.69) is 26.3 Å². The molecule has 1 aliphatic carbocycles. The third-order valence-electron chi connectivity index (χ3n) is 5.10. The number of carbonyl (C=O) groups is 1. The Bertz CT molecular complexity index is 968. The highest BCUT2D eigenvalue weighted by Gasteiger charge is 2.56. The molecule has 0 radical (unpaired) electrons. The fraction of sp³-hybridized carbons (Fsp3) is 0.389. The first kappa shape index (κ1) is 18.2. The molecule has 28 heavy (non-hydrogen) atoms. The number of nitrogens with zero attached hydrogens (tertiary/aromatic N) is 5. The number of pyridine rings is 1. The predicted molar refractivity (Wildman–Crippen MR) is 92.3 cm³/mol. The number of hydrogen-bond donors (Lipinski definition) is 1. The summed E-state index contributed by atoms with van der Waals surface area (Å²) in [4.78, 5) is 25.5. The Morgan fingerprint density at radius 1 is 1.21 bits per heavy atom. The van der Waals surface area contributed by atoms with Gasteiger partial charge in [0.1, 0.15) is 29.1 Å². The molecule has 2 aliphatic rings. The van der Waals surface area contributed by atoms with Crippen LogP contribution < -0.4 is 10.2 Å². The number of halogens is 3. The number of hydrogen-bond acceptors (Lipinski definition) is 6. The van der Waals surface area contributed by atoms with E-state index in [0.29, 0.717) is 18.7 Å². The second kappa shape index (κ2) is 6.44. The summed E-state index contributed by atoms with van der Waals surface area (Å²) in [5.74, 6) is 0.0503. The Hall–Kier alpha value is -3.22. The molecule has 1 amide bonds. The maximum Gasteiger partial charge on any atom is 0.433 e. The van der Waals surface area contributed by atoms with Gasteiger partial charge in [-0.3, -0.25) is 4.79 Å². The summed E-state index contributed by atoms with van der Waals surface area (Å²) >= 11 is 0. The van der Waals surface area contributed by atoms with Crippen molar-refractivity contribution in [3.63, 3.8) is 0 Å². The minimum Gasteiger partial charge on any atom is -0.325 e. The van der Waals surface area contributed by atoms with Gasteiger partial charge in [-0.05, 0) is 31.2 Å². The average Bonchev–Trinajstić information content (AvgIpc) is 3.46. The van der Waals surface area contributed by atoms with Crippen LogP contribution in [-0.2, 0) is 11.0 Å². The van der Waals surface area contributed by atoms with E-state index in [4.69, 9.17) is 0 Å². The first-order valence-electron chi connectivity index (χ1n) is 8.69. The maximum atomic E-state index is 12.9. The lowest BCUT2D eigenvalue weighted by atomic mass is 9.83. The van der Waals surface area contributed by atoms with E-state index in [1.165, 1.54) is 11.1 Å². The van der Waals surface area contributed by atoms with Crippen LogP contribution in [0.15, 0.2) is 30.7 Å². The number of alkyl halides is 3. The molecule has 0 bridgehead atoms. The standard InChI is InChI=1S/C18H15F3N6O/c19-18(20,21)13-8-15(25-10-24-13)26-14-7-12(3-5-23-14)27-6-4-17(9-22,16(27)28)11-1-2-11/h3,5,7-8,10-11H,1-2,4,6H2,(H,23,24,25,26)/t17-/m1/s1. The summed E-state index contributed by atoms with van der Waals surface area (Å²) < 4.78 is 38.4. The van der Waals surface area contributed by atoms with Gasteiger partial charge in [-0.2, -0.15) is 18.4 Å². The van der Waals surface area contributed by atoms with Gasteiger partial charge in [-0.25, -0.2) is 15.0 Å². The Kier molecular flexibility index (Phi) is 4.18. The van der Waals surface area contributed by atoms with Gasteiger partial charge in [-0.15, -0.1) is 0 Å². The zero-order valence-electron chi connectivity index (χ0n) is 14.6. The molecule has 1 saturated heterocycles. The van der Waals surface area contributed by atoms with Crippen molar-refractivity contribution in [3.05, 3.63) is 36.4 Å². The molecule has 2 aromatic heterocycles. The van der Waals surface area contributed by atoms with Gasteiger partial charge >= 0.3 is 6.18 Å². The zero-order valence-corrected chi connectivity index (χ0v) is 14.6. The van der Waals surface area contributed by atoms with Crippen LogP contribution in [0.2, 0.25) is 0 Å². The van der Waals surface area contributed by atoms with Crippen molar-refractivity contribution in [2.75, 3.05) is 16.8 Å². The lowest BCUT2D eigenvalue weighted by molar-refractivity contribution is -0.141. The predicted octanol–water partition coefficient (Wildman–Crippen LogP) is 3.29. The van der Waals surface area contributed by atoms with Crippen LogP contribution in [0, 0.1) is 22.7 Å². The lowest BCUT2D eigenvalue weighted by Gasteiger charge is -2.21. The molecule has 0 spiro atoms. The van der Waals surface area contributed by atoms with Crippen LogP contribution in [0.4, 0.5) is 30.5 Å². The zero-order chi connectivity index (χ0) is 19.9. The van der Waals surface area contributed by atoms with Crippen LogP contribution >= 0.6 is 0 Å². The average molecular weight is 388 g/mol. The SMILES string of the molecule is N#C[C@@]1(C2CC2)CCN(c2ccnc(Nc3cc(C(F)(F)F)ncn3)c2)C1=O. The highest BCUT2D eigenvalue weighted by molar-refractivity contribution is 6.02. The number of nitriles is 1. The van der Waals surface area contributed by atoms with E-state index in [9.17, 15) is 23.2 Å². The fourth-order valence-electron chi connectivity index (χ4n) is 3.50. The fourth-order valence-corrected chi connectivity index (χ4v) is 3.50. The number of nitrogens with one attached hydrogen (secondary N) is 1. The third-order valence-corrected chi connectivity index (χ3v) is 5.10. The quantitative estimate of drug-likeness (QED) is 0.864. The molecule has 3 heterocycles. The first-order chi connectivity index (χ1) is 13.3. The highest BCUT2D eigenvalue weighted by atomic mass is 19.4. The summed E-state index contributed by atoms with van der Waals surface area (Å²) in [5, 5.41) is 12.3. The number of rotatable bonds is 4. The Morgan fingerprint density at radius 3 is 2.64 bits per heavy atom. The molecule has 1 N–H and O–H groups in total. The molecule has 2 fully saturated rings. The largest absolute Gasteiger partial charge is 0.433 e. The Morgan fingerprint density at radius 2 is 1.96 bits per heavy atom. The van der Waals surface area contributed by atoms with Crippen LogP contribution in [0.5, 0.6) is 0 Å². The van der Waals surface area contributed by atoms with Crippen LogP contribution in [0.1, 0.15) is 25.0 Å². The van der Waals surface area contributed by atoms with Gasteiger partial charge in [0, 0.05) is 30.6 Å². The molecule has 0 aromatic carbocycles. The van der Waals surface area contributed by atoms with Crippen molar-refractivity contribution >= 4 is 23.2 Å². The number of anilines is 3. The van der Waals surface area contributed by atoms with Gasteiger partial charge in [0.25, 0.3) is 0 Å². The normalized spacial score (nSPS) is 22.2. The molecule has 144 valence electrons. The van der Waals surface area contributed by atoms with Gasteiger partial charge in [0.15, 0.2) is 0 Å². The van der Waals surface area contributed by atoms with Crippen molar-refractivity contribution < 1.29 is 18.0 Å².